The normalized spacial score (nSPS) is 33.8. The number of hydrogen-bond donors (Lipinski definition) is 1. The second kappa shape index (κ2) is 5.27. The van der Waals surface area contributed by atoms with Crippen molar-refractivity contribution < 1.29 is 0 Å². The Labute approximate surface area is 114 Å². The second-order valence-corrected chi connectivity index (χ2v) is 6.53. The van der Waals surface area contributed by atoms with Crippen LogP contribution in [0.3, 0.4) is 0 Å². The fraction of sp³-hybridized carbons (Fsp3) is 0.786. The van der Waals surface area contributed by atoms with Gasteiger partial charge < -0.3 is 5.32 Å². The molecular formula is C14H23N3S. The van der Waals surface area contributed by atoms with Crippen LogP contribution in [0, 0.1) is 0 Å². The first kappa shape index (κ1) is 12.6. The highest BCUT2D eigenvalue weighted by Crippen LogP contribution is 2.41. The van der Waals surface area contributed by atoms with Crippen LogP contribution in [0.15, 0.2) is 11.6 Å². The van der Waals surface area contributed by atoms with Gasteiger partial charge in [0.1, 0.15) is 5.01 Å². The summed E-state index contributed by atoms with van der Waals surface area (Å²) < 4.78 is 0. The minimum Gasteiger partial charge on any atom is -0.314 e. The maximum atomic E-state index is 4.50. The molecule has 2 bridgehead atoms. The highest BCUT2D eigenvalue weighted by molar-refractivity contribution is 7.09. The monoisotopic (exact) mass is 265 g/mol. The van der Waals surface area contributed by atoms with E-state index in [-0.39, 0.29) is 0 Å². The third kappa shape index (κ3) is 2.22. The molecule has 2 aliphatic heterocycles. The van der Waals surface area contributed by atoms with E-state index in [9.17, 15) is 0 Å². The largest absolute Gasteiger partial charge is 0.314 e. The van der Waals surface area contributed by atoms with Gasteiger partial charge in [0.2, 0.25) is 0 Å². The summed E-state index contributed by atoms with van der Waals surface area (Å²) in [6.07, 6.45) is 7.33. The van der Waals surface area contributed by atoms with Crippen LogP contribution < -0.4 is 5.32 Å². The molecule has 0 saturated carbocycles. The van der Waals surface area contributed by atoms with E-state index < -0.39 is 0 Å². The molecule has 0 spiro atoms. The van der Waals surface area contributed by atoms with E-state index in [0.29, 0.717) is 6.04 Å². The predicted octanol–water partition coefficient (Wildman–Crippen LogP) is 2.81. The molecule has 1 N–H and O–H groups in total. The molecule has 1 aromatic heterocycles. The van der Waals surface area contributed by atoms with E-state index in [1.807, 2.05) is 6.20 Å². The van der Waals surface area contributed by atoms with E-state index in [1.165, 1.54) is 30.7 Å². The van der Waals surface area contributed by atoms with Gasteiger partial charge in [0.25, 0.3) is 0 Å². The van der Waals surface area contributed by atoms with E-state index in [0.717, 1.165) is 24.7 Å². The molecule has 0 aromatic carbocycles. The molecule has 0 radical (unpaired) electrons. The van der Waals surface area contributed by atoms with Gasteiger partial charge in [-0.3, -0.25) is 4.90 Å². The molecule has 4 heteroatoms. The van der Waals surface area contributed by atoms with Gasteiger partial charge in [0.15, 0.2) is 0 Å². The van der Waals surface area contributed by atoms with Gasteiger partial charge in [0, 0.05) is 29.7 Å². The average Bonchev–Trinajstić information content (AvgIpc) is 2.97. The maximum absolute atomic E-state index is 4.50. The molecule has 3 rings (SSSR count). The molecule has 3 unspecified atom stereocenters. The molecule has 0 aliphatic carbocycles. The minimum atomic E-state index is 0.505. The molecule has 0 amide bonds. The zero-order valence-corrected chi connectivity index (χ0v) is 12.1. The Bertz CT molecular complexity index is 364. The number of piperidine rings is 1. The standard InChI is InChI=1S/C14H23N3S/c1-3-15-11-8-12-4-5-13(9-11)17(12)10(2)14-16-6-7-18-14/h6-7,10-13,15H,3-5,8-9H2,1-2H3. The fourth-order valence-corrected chi connectivity index (χ4v) is 4.57. The highest BCUT2D eigenvalue weighted by atomic mass is 32.1. The van der Waals surface area contributed by atoms with E-state index in [4.69, 9.17) is 0 Å². The topological polar surface area (TPSA) is 28.2 Å². The highest BCUT2D eigenvalue weighted by Gasteiger charge is 2.43. The lowest BCUT2D eigenvalue weighted by Crippen LogP contribution is -2.49. The number of hydrogen-bond acceptors (Lipinski definition) is 4. The van der Waals surface area contributed by atoms with Crippen molar-refractivity contribution in [3.63, 3.8) is 0 Å². The van der Waals surface area contributed by atoms with Gasteiger partial charge >= 0.3 is 0 Å². The molecule has 2 fully saturated rings. The lowest BCUT2D eigenvalue weighted by molar-refractivity contribution is 0.0774. The number of nitrogens with zero attached hydrogens (tertiary/aromatic N) is 2. The van der Waals surface area contributed by atoms with Gasteiger partial charge in [-0.2, -0.15) is 0 Å². The van der Waals surface area contributed by atoms with Crippen molar-refractivity contribution in [2.75, 3.05) is 6.54 Å². The quantitative estimate of drug-likeness (QED) is 0.907. The lowest BCUT2D eigenvalue weighted by atomic mass is 9.95. The summed E-state index contributed by atoms with van der Waals surface area (Å²) in [6, 6.07) is 2.79. The van der Waals surface area contributed by atoms with Crippen molar-refractivity contribution in [1.82, 2.24) is 15.2 Å². The average molecular weight is 265 g/mol. The Morgan fingerprint density at radius 2 is 2.17 bits per heavy atom. The first-order valence-corrected chi connectivity index (χ1v) is 8.07. The van der Waals surface area contributed by atoms with Crippen molar-refractivity contribution in [2.24, 2.45) is 0 Å². The number of thiazole rings is 1. The molecule has 1 aromatic rings. The Kier molecular flexibility index (Phi) is 3.68. The van der Waals surface area contributed by atoms with Crippen molar-refractivity contribution >= 4 is 11.3 Å². The second-order valence-electron chi connectivity index (χ2n) is 5.60. The van der Waals surface area contributed by atoms with Crippen LogP contribution in [-0.4, -0.2) is 34.6 Å². The summed E-state index contributed by atoms with van der Waals surface area (Å²) >= 11 is 1.80. The number of rotatable bonds is 4. The van der Waals surface area contributed by atoms with E-state index in [2.05, 4.69) is 34.4 Å². The number of nitrogens with one attached hydrogen (secondary N) is 1. The summed E-state index contributed by atoms with van der Waals surface area (Å²) in [5.41, 5.74) is 0. The third-order valence-corrected chi connectivity index (χ3v) is 5.48. The molecule has 3 atom stereocenters. The van der Waals surface area contributed by atoms with Crippen LogP contribution in [0.4, 0.5) is 0 Å². The van der Waals surface area contributed by atoms with Crippen LogP contribution in [0.1, 0.15) is 50.6 Å². The minimum absolute atomic E-state index is 0.505. The van der Waals surface area contributed by atoms with Crippen molar-refractivity contribution in [3.8, 4) is 0 Å². The predicted molar refractivity (Wildman–Crippen MR) is 75.9 cm³/mol. The first-order chi connectivity index (χ1) is 8.79. The Hall–Kier alpha value is -0.450. The summed E-state index contributed by atoms with van der Waals surface area (Å²) in [5, 5.41) is 7.02. The van der Waals surface area contributed by atoms with Crippen LogP contribution >= 0.6 is 11.3 Å². The van der Waals surface area contributed by atoms with E-state index >= 15 is 0 Å². The lowest BCUT2D eigenvalue weighted by Gasteiger charge is -2.42. The van der Waals surface area contributed by atoms with Crippen molar-refractivity contribution in [3.05, 3.63) is 16.6 Å². The SMILES string of the molecule is CCNC1CC2CCC(C1)N2C(C)c1nccs1. The summed E-state index contributed by atoms with van der Waals surface area (Å²) in [5.74, 6) is 0. The Morgan fingerprint density at radius 3 is 2.72 bits per heavy atom. The van der Waals surface area contributed by atoms with Crippen molar-refractivity contribution in [1.29, 1.82) is 0 Å². The number of fused-ring (bicyclic) bond motifs is 2. The van der Waals surface area contributed by atoms with Crippen LogP contribution in [0.25, 0.3) is 0 Å². The molecule has 2 saturated heterocycles. The molecule has 18 heavy (non-hydrogen) atoms. The maximum Gasteiger partial charge on any atom is 0.109 e. The Morgan fingerprint density at radius 1 is 1.44 bits per heavy atom. The Balaban J connectivity index is 1.72. The number of aromatic nitrogens is 1. The summed E-state index contributed by atoms with van der Waals surface area (Å²) in [4.78, 5) is 7.25. The smallest absolute Gasteiger partial charge is 0.109 e. The van der Waals surface area contributed by atoms with Gasteiger partial charge in [-0.15, -0.1) is 11.3 Å². The van der Waals surface area contributed by atoms with Gasteiger partial charge in [-0.25, -0.2) is 4.98 Å². The first-order valence-electron chi connectivity index (χ1n) is 7.19. The van der Waals surface area contributed by atoms with E-state index in [1.54, 1.807) is 11.3 Å². The van der Waals surface area contributed by atoms with Gasteiger partial charge in [0.05, 0.1) is 6.04 Å². The molecule has 100 valence electrons. The molecular weight excluding hydrogens is 242 g/mol. The molecule has 2 aliphatic rings. The van der Waals surface area contributed by atoms with Gasteiger partial charge in [-0.05, 0) is 39.2 Å². The summed E-state index contributed by atoms with van der Waals surface area (Å²) in [6.45, 7) is 5.65. The zero-order chi connectivity index (χ0) is 12.5. The van der Waals surface area contributed by atoms with Crippen LogP contribution in [0.5, 0.6) is 0 Å². The third-order valence-electron chi connectivity index (χ3n) is 4.54. The molecule has 3 nitrogen and oxygen atoms in total. The van der Waals surface area contributed by atoms with Crippen LogP contribution in [0.2, 0.25) is 0 Å². The molecule has 3 heterocycles. The van der Waals surface area contributed by atoms with Gasteiger partial charge in [-0.1, -0.05) is 6.92 Å². The zero-order valence-electron chi connectivity index (χ0n) is 11.3. The van der Waals surface area contributed by atoms with Crippen molar-refractivity contribution in [2.45, 2.75) is 63.7 Å². The fourth-order valence-electron chi connectivity index (χ4n) is 3.87. The van der Waals surface area contributed by atoms with Crippen LogP contribution in [-0.2, 0) is 0 Å². The summed E-state index contributed by atoms with van der Waals surface area (Å²) in [7, 11) is 0.